The number of aromatic nitrogens is 2. The lowest BCUT2D eigenvalue weighted by Crippen LogP contribution is -2.10. The molecule has 2 N–H and O–H groups in total. The molecule has 0 aliphatic rings. The van der Waals surface area contributed by atoms with Crippen molar-refractivity contribution in [3.63, 3.8) is 0 Å². The van der Waals surface area contributed by atoms with E-state index in [1.54, 1.807) is 24.5 Å². The maximum absolute atomic E-state index is 11.0. The first kappa shape index (κ1) is 11.7. The van der Waals surface area contributed by atoms with Crippen LogP contribution in [0, 0.1) is 0 Å². The van der Waals surface area contributed by atoms with Gasteiger partial charge < -0.3 is 10.2 Å². The lowest BCUT2D eigenvalue weighted by molar-refractivity contribution is 0.0646. The third-order valence-corrected chi connectivity index (χ3v) is 2.32. The van der Waals surface area contributed by atoms with Crippen LogP contribution in [-0.2, 0) is 0 Å². The monoisotopic (exact) mass is 244 g/mol. The molecule has 2 rings (SSSR count). The third kappa shape index (κ3) is 2.17. The van der Waals surface area contributed by atoms with Crippen LogP contribution in [0.2, 0.25) is 0 Å². The Morgan fingerprint density at radius 1 is 1.06 bits per heavy atom. The normalized spacial score (nSPS) is 10.0. The minimum atomic E-state index is -1.37. The lowest BCUT2D eigenvalue weighted by atomic mass is 10.1. The molecule has 0 aliphatic carbocycles. The Balaban J connectivity index is 2.57. The summed E-state index contributed by atoms with van der Waals surface area (Å²) < 4.78 is 0. The summed E-state index contributed by atoms with van der Waals surface area (Å²) in [6.45, 7) is 0. The van der Waals surface area contributed by atoms with Crippen LogP contribution in [0.5, 0.6) is 0 Å². The van der Waals surface area contributed by atoms with E-state index in [1.165, 1.54) is 12.3 Å². The zero-order chi connectivity index (χ0) is 13.1. The number of nitrogens with zero attached hydrogens (tertiary/aromatic N) is 2. The van der Waals surface area contributed by atoms with Gasteiger partial charge in [0.15, 0.2) is 5.69 Å². The molecule has 0 radical (unpaired) electrons. The number of carboxylic acids is 2. The predicted octanol–water partition coefficient (Wildman–Crippen LogP) is 1.54. The molecule has 2 heterocycles. The fraction of sp³-hybridized carbons (Fsp3) is 0. The fourth-order valence-corrected chi connectivity index (χ4v) is 1.49. The number of aromatic carboxylic acids is 2. The van der Waals surface area contributed by atoms with Crippen molar-refractivity contribution in [1.29, 1.82) is 0 Å². The molecule has 0 bridgehead atoms. The van der Waals surface area contributed by atoms with E-state index in [-0.39, 0.29) is 5.56 Å². The Morgan fingerprint density at radius 3 is 2.39 bits per heavy atom. The molecular weight excluding hydrogens is 236 g/mol. The summed E-state index contributed by atoms with van der Waals surface area (Å²) in [6.07, 6.45) is 4.44. The second-order valence-electron chi connectivity index (χ2n) is 3.47. The maximum Gasteiger partial charge on any atom is 0.355 e. The van der Waals surface area contributed by atoms with Gasteiger partial charge in [-0.3, -0.25) is 4.98 Å². The maximum atomic E-state index is 11.0. The first-order valence-electron chi connectivity index (χ1n) is 4.96. The van der Waals surface area contributed by atoms with Crippen LogP contribution in [0.15, 0.2) is 36.8 Å². The number of pyridine rings is 2. The van der Waals surface area contributed by atoms with Gasteiger partial charge in [-0.15, -0.1) is 0 Å². The van der Waals surface area contributed by atoms with Crippen LogP contribution in [0.1, 0.15) is 20.8 Å². The molecule has 0 spiro atoms. The van der Waals surface area contributed by atoms with Crippen molar-refractivity contribution >= 4 is 11.9 Å². The Labute approximate surface area is 102 Å². The molecule has 0 aromatic carbocycles. The van der Waals surface area contributed by atoms with Crippen molar-refractivity contribution in [2.24, 2.45) is 0 Å². The van der Waals surface area contributed by atoms with Crippen molar-refractivity contribution in [3.8, 4) is 11.1 Å². The lowest BCUT2D eigenvalue weighted by Gasteiger charge is -2.04. The van der Waals surface area contributed by atoms with Gasteiger partial charge in [0.1, 0.15) is 0 Å². The highest BCUT2D eigenvalue weighted by atomic mass is 16.4. The van der Waals surface area contributed by atoms with Crippen LogP contribution in [0.3, 0.4) is 0 Å². The largest absolute Gasteiger partial charge is 0.478 e. The molecule has 0 fully saturated rings. The first-order chi connectivity index (χ1) is 8.59. The van der Waals surface area contributed by atoms with Gasteiger partial charge in [0.2, 0.25) is 0 Å². The van der Waals surface area contributed by atoms with Gasteiger partial charge in [0.05, 0.1) is 5.56 Å². The van der Waals surface area contributed by atoms with Gasteiger partial charge in [-0.1, -0.05) is 6.07 Å². The number of hydrogen-bond donors (Lipinski definition) is 2. The summed E-state index contributed by atoms with van der Waals surface area (Å²) in [4.78, 5) is 29.4. The smallest absolute Gasteiger partial charge is 0.355 e. The van der Waals surface area contributed by atoms with Crippen LogP contribution >= 0.6 is 0 Å². The summed E-state index contributed by atoms with van der Waals surface area (Å²) in [5.41, 5.74) is 0.355. The van der Waals surface area contributed by atoms with E-state index in [2.05, 4.69) is 9.97 Å². The van der Waals surface area contributed by atoms with Crippen molar-refractivity contribution < 1.29 is 19.8 Å². The highest BCUT2D eigenvalue weighted by Gasteiger charge is 2.18. The summed E-state index contributed by atoms with van der Waals surface area (Å²) in [7, 11) is 0. The Kier molecular flexibility index (Phi) is 3.01. The van der Waals surface area contributed by atoms with E-state index in [0.29, 0.717) is 11.1 Å². The van der Waals surface area contributed by atoms with Gasteiger partial charge in [0.25, 0.3) is 0 Å². The van der Waals surface area contributed by atoms with E-state index in [9.17, 15) is 9.59 Å². The third-order valence-electron chi connectivity index (χ3n) is 2.32. The van der Waals surface area contributed by atoms with Gasteiger partial charge >= 0.3 is 11.9 Å². The van der Waals surface area contributed by atoms with Crippen molar-refractivity contribution in [3.05, 3.63) is 48.0 Å². The predicted molar refractivity (Wildman–Crippen MR) is 61.4 cm³/mol. The summed E-state index contributed by atoms with van der Waals surface area (Å²) in [5, 5.41) is 17.8. The molecule has 0 aliphatic heterocycles. The molecule has 0 unspecified atom stereocenters. The average molecular weight is 244 g/mol. The van der Waals surface area contributed by atoms with Crippen LogP contribution in [0.4, 0.5) is 0 Å². The topological polar surface area (TPSA) is 100 Å². The molecule has 0 amide bonds. The summed E-state index contributed by atoms with van der Waals surface area (Å²) in [6, 6.07) is 4.70. The van der Waals surface area contributed by atoms with E-state index in [0.717, 1.165) is 0 Å². The second kappa shape index (κ2) is 4.62. The quantitative estimate of drug-likeness (QED) is 0.849. The number of rotatable bonds is 3. The van der Waals surface area contributed by atoms with Gasteiger partial charge in [-0.05, 0) is 12.1 Å². The fourth-order valence-electron chi connectivity index (χ4n) is 1.49. The molecule has 6 nitrogen and oxygen atoms in total. The minimum Gasteiger partial charge on any atom is -0.478 e. The van der Waals surface area contributed by atoms with Gasteiger partial charge in [-0.2, -0.15) is 0 Å². The van der Waals surface area contributed by atoms with Gasteiger partial charge in [0, 0.05) is 29.7 Å². The van der Waals surface area contributed by atoms with E-state index in [1.807, 2.05) is 0 Å². The molecule has 0 atom stereocenters. The first-order valence-corrected chi connectivity index (χ1v) is 4.96. The van der Waals surface area contributed by atoms with Crippen molar-refractivity contribution in [2.45, 2.75) is 0 Å². The van der Waals surface area contributed by atoms with E-state index >= 15 is 0 Å². The zero-order valence-electron chi connectivity index (χ0n) is 9.07. The number of hydrogen-bond acceptors (Lipinski definition) is 4. The molecule has 0 saturated carbocycles. The van der Waals surface area contributed by atoms with Gasteiger partial charge in [-0.25, -0.2) is 14.6 Å². The van der Waals surface area contributed by atoms with Crippen LogP contribution in [-0.4, -0.2) is 32.1 Å². The Morgan fingerprint density at radius 2 is 1.83 bits per heavy atom. The molecule has 18 heavy (non-hydrogen) atoms. The minimum absolute atomic E-state index is 0.344. The average Bonchev–Trinajstić information content (AvgIpc) is 2.39. The molecular formula is C12H8N2O4. The van der Waals surface area contributed by atoms with E-state index in [4.69, 9.17) is 10.2 Å². The Bertz CT molecular complexity index is 611. The second-order valence-corrected chi connectivity index (χ2v) is 3.47. The highest BCUT2D eigenvalue weighted by Crippen LogP contribution is 2.20. The Hall–Kier alpha value is -2.76. The summed E-state index contributed by atoms with van der Waals surface area (Å²) >= 11 is 0. The summed E-state index contributed by atoms with van der Waals surface area (Å²) in [5.74, 6) is -2.70. The standard InChI is InChI=1S/C12H8N2O4/c15-11(16)9-4-8(6-14-10(9)12(17)18)7-2-1-3-13-5-7/h1-6H,(H,15,16)(H,17,18). The molecule has 2 aromatic rings. The SMILES string of the molecule is O=C(O)c1cc(-c2cccnc2)cnc1C(=O)O. The van der Waals surface area contributed by atoms with Crippen molar-refractivity contribution in [1.82, 2.24) is 9.97 Å². The highest BCUT2D eigenvalue weighted by molar-refractivity contribution is 6.01. The molecule has 90 valence electrons. The van der Waals surface area contributed by atoms with Crippen LogP contribution < -0.4 is 0 Å². The molecule has 6 heteroatoms. The van der Waals surface area contributed by atoms with Crippen molar-refractivity contribution in [2.75, 3.05) is 0 Å². The van der Waals surface area contributed by atoms with E-state index < -0.39 is 17.6 Å². The van der Waals surface area contributed by atoms with Crippen LogP contribution in [0.25, 0.3) is 11.1 Å². The molecule has 0 saturated heterocycles. The molecule has 2 aromatic heterocycles. The zero-order valence-corrected chi connectivity index (χ0v) is 9.07. The number of carbonyl (C=O) groups is 2. The number of carboxylic acid groups (broad SMARTS) is 2.